The summed E-state index contributed by atoms with van der Waals surface area (Å²) in [5.41, 5.74) is 0.520. The van der Waals surface area contributed by atoms with Gasteiger partial charge in [-0.2, -0.15) is 0 Å². The molecule has 0 amide bonds. The SMILES string of the molecule is CCC(C)(C)CCC1CCCO1. The average molecular weight is 170 g/mol. The van der Waals surface area contributed by atoms with Crippen molar-refractivity contribution >= 4 is 0 Å². The molecule has 0 N–H and O–H groups in total. The third-order valence-electron chi connectivity index (χ3n) is 3.12. The number of rotatable bonds is 4. The summed E-state index contributed by atoms with van der Waals surface area (Å²) in [7, 11) is 0. The van der Waals surface area contributed by atoms with Crippen LogP contribution in [0.1, 0.15) is 52.9 Å². The molecule has 0 aromatic rings. The lowest BCUT2D eigenvalue weighted by Gasteiger charge is -2.23. The summed E-state index contributed by atoms with van der Waals surface area (Å²) < 4.78 is 5.59. The van der Waals surface area contributed by atoms with Gasteiger partial charge in [-0.05, 0) is 31.1 Å². The van der Waals surface area contributed by atoms with E-state index in [-0.39, 0.29) is 0 Å². The predicted octanol–water partition coefficient (Wildman–Crippen LogP) is 3.38. The van der Waals surface area contributed by atoms with Gasteiger partial charge in [-0.3, -0.25) is 0 Å². The highest BCUT2D eigenvalue weighted by Crippen LogP contribution is 2.29. The van der Waals surface area contributed by atoms with Crippen LogP contribution in [0, 0.1) is 5.41 Å². The Bertz CT molecular complexity index is 123. The van der Waals surface area contributed by atoms with E-state index in [0.29, 0.717) is 11.5 Å². The lowest BCUT2D eigenvalue weighted by Crippen LogP contribution is -2.14. The highest BCUT2D eigenvalue weighted by Gasteiger charge is 2.20. The zero-order valence-corrected chi connectivity index (χ0v) is 8.73. The van der Waals surface area contributed by atoms with Crippen LogP contribution < -0.4 is 0 Å². The van der Waals surface area contributed by atoms with Crippen molar-refractivity contribution in [3.63, 3.8) is 0 Å². The molecule has 1 aliphatic rings. The van der Waals surface area contributed by atoms with Gasteiger partial charge in [0.25, 0.3) is 0 Å². The van der Waals surface area contributed by atoms with E-state index < -0.39 is 0 Å². The van der Waals surface area contributed by atoms with Gasteiger partial charge in [0.1, 0.15) is 0 Å². The van der Waals surface area contributed by atoms with Gasteiger partial charge in [-0.1, -0.05) is 27.2 Å². The van der Waals surface area contributed by atoms with Crippen LogP contribution in [0.5, 0.6) is 0 Å². The first-order valence-electron chi connectivity index (χ1n) is 5.26. The minimum Gasteiger partial charge on any atom is -0.378 e. The smallest absolute Gasteiger partial charge is 0.0576 e. The summed E-state index contributed by atoms with van der Waals surface area (Å²) in [5, 5.41) is 0. The maximum atomic E-state index is 5.59. The van der Waals surface area contributed by atoms with Crippen LogP contribution >= 0.6 is 0 Å². The Morgan fingerprint density at radius 2 is 2.17 bits per heavy atom. The normalized spacial score (nSPS) is 24.8. The van der Waals surface area contributed by atoms with E-state index in [9.17, 15) is 0 Å². The fraction of sp³-hybridized carbons (Fsp3) is 1.00. The second-order valence-corrected chi connectivity index (χ2v) is 4.69. The summed E-state index contributed by atoms with van der Waals surface area (Å²) in [6.07, 6.45) is 7.00. The lowest BCUT2D eigenvalue weighted by atomic mass is 9.84. The lowest BCUT2D eigenvalue weighted by molar-refractivity contribution is 0.0911. The van der Waals surface area contributed by atoms with Gasteiger partial charge in [-0.15, -0.1) is 0 Å². The van der Waals surface area contributed by atoms with Gasteiger partial charge in [0.2, 0.25) is 0 Å². The maximum absolute atomic E-state index is 5.59. The van der Waals surface area contributed by atoms with Crippen molar-refractivity contribution in [2.75, 3.05) is 6.61 Å². The summed E-state index contributed by atoms with van der Waals surface area (Å²) in [6.45, 7) is 7.97. The van der Waals surface area contributed by atoms with Gasteiger partial charge < -0.3 is 4.74 Å². The van der Waals surface area contributed by atoms with Crippen LogP contribution in [0.2, 0.25) is 0 Å². The molecule has 0 radical (unpaired) electrons. The van der Waals surface area contributed by atoms with E-state index in [1.807, 2.05) is 0 Å². The molecule has 0 aliphatic carbocycles. The van der Waals surface area contributed by atoms with Crippen molar-refractivity contribution < 1.29 is 4.74 Å². The molecule has 0 aromatic carbocycles. The Hall–Kier alpha value is -0.0400. The van der Waals surface area contributed by atoms with Crippen molar-refractivity contribution in [1.29, 1.82) is 0 Å². The fourth-order valence-electron chi connectivity index (χ4n) is 1.60. The third kappa shape index (κ3) is 3.14. The first-order chi connectivity index (χ1) is 5.64. The van der Waals surface area contributed by atoms with Crippen molar-refractivity contribution in [1.82, 2.24) is 0 Å². The molecule has 1 heteroatoms. The van der Waals surface area contributed by atoms with E-state index >= 15 is 0 Å². The predicted molar refractivity (Wildman–Crippen MR) is 52.3 cm³/mol. The van der Waals surface area contributed by atoms with Gasteiger partial charge >= 0.3 is 0 Å². The summed E-state index contributed by atoms with van der Waals surface area (Å²) in [4.78, 5) is 0. The van der Waals surface area contributed by atoms with Crippen LogP contribution in [0.25, 0.3) is 0 Å². The molecular weight excluding hydrogens is 148 g/mol. The monoisotopic (exact) mass is 170 g/mol. The van der Waals surface area contributed by atoms with Gasteiger partial charge in [0.05, 0.1) is 6.10 Å². The minimum absolute atomic E-state index is 0.520. The highest BCUT2D eigenvalue weighted by atomic mass is 16.5. The van der Waals surface area contributed by atoms with E-state index in [1.54, 1.807) is 0 Å². The Morgan fingerprint density at radius 1 is 1.42 bits per heavy atom. The Balaban J connectivity index is 2.15. The summed E-state index contributed by atoms with van der Waals surface area (Å²) in [5.74, 6) is 0. The van der Waals surface area contributed by atoms with Crippen LogP contribution in [0.3, 0.4) is 0 Å². The number of hydrogen-bond donors (Lipinski definition) is 0. The van der Waals surface area contributed by atoms with Gasteiger partial charge in [-0.25, -0.2) is 0 Å². The van der Waals surface area contributed by atoms with E-state index in [4.69, 9.17) is 4.74 Å². The van der Waals surface area contributed by atoms with Crippen LogP contribution in [-0.2, 0) is 4.74 Å². The molecule has 1 fully saturated rings. The molecule has 1 heterocycles. The molecule has 0 spiro atoms. The van der Waals surface area contributed by atoms with Crippen LogP contribution in [0.4, 0.5) is 0 Å². The van der Waals surface area contributed by atoms with E-state index in [1.165, 1.54) is 32.1 Å². The fourth-order valence-corrected chi connectivity index (χ4v) is 1.60. The molecule has 1 aliphatic heterocycles. The molecular formula is C11H22O. The van der Waals surface area contributed by atoms with Crippen LogP contribution in [-0.4, -0.2) is 12.7 Å². The Morgan fingerprint density at radius 3 is 2.67 bits per heavy atom. The molecule has 1 atom stereocenters. The van der Waals surface area contributed by atoms with Crippen LogP contribution in [0.15, 0.2) is 0 Å². The summed E-state index contributed by atoms with van der Waals surface area (Å²) >= 11 is 0. The van der Waals surface area contributed by atoms with Crippen molar-refractivity contribution in [3.8, 4) is 0 Å². The topological polar surface area (TPSA) is 9.23 Å². The first kappa shape index (κ1) is 10.0. The zero-order valence-electron chi connectivity index (χ0n) is 8.73. The molecule has 0 saturated carbocycles. The quantitative estimate of drug-likeness (QED) is 0.628. The van der Waals surface area contributed by atoms with Gasteiger partial charge in [0.15, 0.2) is 0 Å². The van der Waals surface area contributed by atoms with E-state index in [0.717, 1.165) is 6.61 Å². The standard InChI is InChI=1S/C11H22O/c1-4-11(2,3)8-7-10-6-5-9-12-10/h10H,4-9H2,1-3H3. The highest BCUT2D eigenvalue weighted by molar-refractivity contribution is 4.71. The molecule has 1 unspecified atom stereocenters. The molecule has 0 bridgehead atoms. The Labute approximate surface area is 76.5 Å². The molecule has 1 saturated heterocycles. The Kier molecular flexibility index (Phi) is 3.57. The average Bonchev–Trinajstić information content (AvgIpc) is 2.53. The third-order valence-corrected chi connectivity index (χ3v) is 3.12. The molecule has 72 valence electrons. The summed E-state index contributed by atoms with van der Waals surface area (Å²) in [6, 6.07) is 0. The molecule has 1 nitrogen and oxygen atoms in total. The molecule has 1 rings (SSSR count). The second-order valence-electron chi connectivity index (χ2n) is 4.69. The molecule has 12 heavy (non-hydrogen) atoms. The largest absolute Gasteiger partial charge is 0.378 e. The van der Waals surface area contributed by atoms with Crippen molar-refractivity contribution in [3.05, 3.63) is 0 Å². The molecule has 0 aromatic heterocycles. The number of hydrogen-bond acceptors (Lipinski definition) is 1. The number of ether oxygens (including phenoxy) is 1. The van der Waals surface area contributed by atoms with Crippen molar-refractivity contribution in [2.45, 2.75) is 59.0 Å². The van der Waals surface area contributed by atoms with Gasteiger partial charge in [0, 0.05) is 6.61 Å². The second kappa shape index (κ2) is 4.27. The maximum Gasteiger partial charge on any atom is 0.0576 e. The zero-order chi connectivity index (χ0) is 9.03. The van der Waals surface area contributed by atoms with E-state index in [2.05, 4.69) is 20.8 Å². The first-order valence-corrected chi connectivity index (χ1v) is 5.26. The minimum atomic E-state index is 0.520. The van der Waals surface area contributed by atoms with Crippen molar-refractivity contribution in [2.24, 2.45) is 5.41 Å².